The summed E-state index contributed by atoms with van der Waals surface area (Å²) in [6.45, 7) is 2.09. The van der Waals surface area contributed by atoms with Crippen molar-refractivity contribution >= 4 is 21.6 Å². The molecule has 17 heavy (non-hydrogen) atoms. The third kappa shape index (κ3) is 2.15. The lowest BCUT2D eigenvalue weighted by molar-refractivity contribution is 1.02. The van der Waals surface area contributed by atoms with E-state index in [2.05, 4.69) is 57.1 Å². The summed E-state index contributed by atoms with van der Waals surface area (Å²) in [6.07, 6.45) is 1.81. The smallest absolute Gasteiger partial charge is 0.134 e. The Balaban J connectivity index is 1.82. The minimum atomic E-state index is 0.148. The molecule has 2 aromatic rings. The van der Waals surface area contributed by atoms with Gasteiger partial charge in [0.05, 0.1) is 11.4 Å². The van der Waals surface area contributed by atoms with E-state index < -0.39 is 0 Å². The van der Waals surface area contributed by atoms with Crippen LogP contribution in [-0.2, 0) is 0 Å². The predicted octanol–water partition coefficient (Wildman–Crippen LogP) is 3.70. The highest BCUT2D eigenvalue weighted by Gasteiger charge is 2.31. The van der Waals surface area contributed by atoms with Gasteiger partial charge in [0.2, 0.25) is 0 Å². The quantitative estimate of drug-likeness (QED) is 0.826. The van der Waals surface area contributed by atoms with E-state index in [-0.39, 0.29) is 6.04 Å². The van der Waals surface area contributed by atoms with Gasteiger partial charge in [-0.25, -0.2) is 0 Å². The second kappa shape index (κ2) is 4.08. The monoisotopic (exact) mass is 286 g/mol. The number of aliphatic imine (C=N–C) groups is 1. The average Bonchev–Trinajstić information content (AvgIpc) is 3.10. The van der Waals surface area contributed by atoms with E-state index in [1.807, 2.05) is 12.1 Å². The van der Waals surface area contributed by atoms with Gasteiger partial charge >= 0.3 is 0 Å². The van der Waals surface area contributed by atoms with Crippen molar-refractivity contribution in [2.45, 2.75) is 13.0 Å². The third-order valence-corrected chi connectivity index (χ3v) is 3.32. The fourth-order valence-electron chi connectivity index (χ4n) is 1.84. The second-order valence-electron chi connectivity index (χ2n) is 4.18. The maximum Gasteiger partial charge on any atom is 0.134 e. The molecule has 0 bridgehead atoms. The second-order valence-corrected chi connectivity index (χ2v) is 5.10. The molecule has 1 unspecified atom stereocenters. The standard InChI is InChI=1S/C14H11BrN2/c1-9-2-4-10(5-3-9)13-14(17-13)12-8-11(15)6-7-16-12/h2-8,14H,1H3. The van der Waals surface area contributed by atoms with E-state index in [1.54, 1.807) is 6.20 Å². The number of hydrogen-bond donors (Lipinski definition) is 0. The van der Waals surface area contributed by atoms with Crippen molar-refractivity contribution in [3.63, 3.8) is 0 Å². The molecule has 3 rings (SSSR count). The summed E-state index contributed by atoms with van der Waals surface area (Å²) in [5.41, 5.74) is 4.61. The molecular weight excluding hydrogens is 276 g/mol. The lowest BCUT2D eigenvalue weighted by Gasteiger charge is -1.99. The number of pyridine rings is 1. The Morgan fingerprint density at radius 3 is 2.59 bits per heavy atom. The first-order valence-electron chi connectivity index (χ1n) is 5.50. The first-order valence-corrected chi connectivity index (χ1v) is 6.29. The molecule has 1 aromatic carbocycles. The van der Waals surface area contributed by atoms with Crippen molar-refractivity contribution in [1.82, 2.24) is 4.98 Å². The maximum atomic E-state index is 4.50. The third-order valence-electron chi connectivity index (χ3n) is 2.83. The summed E-state index contributed by atoms with van der Waals surface area (Å²) < 4.78 is 1.05. The molecule has 0 radical (unpaired) electrons. The van der Waals surface area contributed by atoms with E-state index >= 15 is 0 Å². The van der Waals surface area contributed by atoms with E-state index in [4.69, 9.17) is 0 Å². The largest absolute Gasteiger partial charge is 0.270 e. The van der Waals surface area contributed by atoms with Crippen molar-refractivity contribution < 1.29 is 0 Å². The first kappa shape index (κ1) is 10.7. The van der Waals surface area contributed by atoms with Gasteiger partial charge in [-0.1, -0.05) is 45.8 Å². The molecule has 0 N–H and O–H groups in total. The van der Waals surface area contributed by atoms with Crippen molar-refractivity contribution in [3.05, 3.63) is 63.9 Å². The maximum absolute atomic E-state index is 4.50. The van der Waals surface area contributed by atoms with Gasteiger partial charge in [-0.3, -0.25) is 9.98 Å². The van der Waals surface area contributed by atoms with Crippen LogP contribution in [0, 0.1) is 6.92 Å². The van der Waals surface area contributed by atoms with Crippen LogP contribution in [0.15, 0.2) is 52.1 Å². The van der Waals surface area contributed by atoms with Gasteiger partial charge in [0.15, 0.2) is 0 Å². The molecule has 1 atom stereocenters. The number of benzene rings is 1. The molecule has 0 fully saturated rings. The number of aromatic nitrogens is 1. The average molecular weight is 287 g/mol. The predicted molar refractivity (Wildman–Crippen MR) is 72.4 cm³/mol. The molecule has 1 aromatic heterocycles. The highest BCUT2D eigenvalue weighted by Crippen LogP contribution is 2.34. The van der Waals surface area contributed by atoms with Gasteiger partial charge < -0.3 is 0 Å². The van der Waals surface area contributed by atoms with Gasteiger partial charge in [-0.05, 0) is 24.6 Å². The molecule has 1 aliphatic heterocycles. The summed E-state index contributed by atoms with van der Waals surface area (Å²) >= 11 is 3.45. The molecule has 0 saturated carbocycles. The summed E-state index contributed by atoms with van der Waals surface area (Å²) in [5.74, 6) is 0. The van der Waals surface area contributed by atoms with Crippen molar-refractivity contribution in [1.29, 1.82) is 0 Å². The molecule has 0 amide bonds. The number of aryl methyl sites for hydroxylation is 1. The van der Waals surface area contributed by atoms with E-state index in [0.717, 1.165) is 15.9 Å². The van der Waals surface area contributed by atoms with Crippen LogP contribution in [0.1, 0.15) is 22.9 Å². The first-order chi connectivity index (χ1) is 8.24. The molecule has 1 aliphatic rings. The minimum Gasteiger partial charge on any atom is -0.270 e. The molecule has 0 spiro atoms. The number of halogens is 1. The van der Waals surface area contributed by atoms with Gasteiger partial charge in [0, 0.05) is 10.7 Å². The zero-order valence-electron chi connectivity index (χ0n) is 9.39. The van der Waals surface area contributed by atoms with Crippen molar-refractivity contribution in [2.75, 3.05) is 0 Å². The SMILES string of the molecule is Cc1ccc(C2=NC2c2cc(Br)ccn2)cc1. The van der Waals surface area contributed by atoms with Crippen LogP contribution in [-0.4, -0.2) is 10.7 Å². The molecule has 2 heterocycles. The van der Waals surface area contributed by atoms with Crippen LogP contribution in [0.5, 0.6) is 0 Å². The van der Waals surface area contributed by atoms with Crippen LogP contribution in [0.4, 0.5) is 0 Å². The van der Waals surface area contributed by atoms with Crippen LogP contribution < -0.4 is 0 Å². The Labute approximate surface area is 109 Å². The Morgan fingerprint density at radius 1 is 1.12 bits per heavy atom. The molecule has 84 valence electrons. The zero-order valence-corrected chi connectivity index (χ0v) is 11.0. The van der Waals surface area contributed by atoms with Gasteiger partial charge in [-0.15, -0.1) is 0 Å². The zero-order chi connectivity index (χ0) is 11.8. The molecule has 3 heteroatoms. The lowest BCUT2D eigenvalue weighted by atomic mass is 10.1. The molecular formula is C14H11BrN2. The van der Waals surface area contributed by atoms with Gasteiger partial charge in [0.1, 0.15) is 6.04 Å². The van der Waals surface area contributed by atoms with Gasteiger partial charge in [-0.2, -0.15) is 0 Å². The van der Waals surface area contributed by atoms with Crippen LogP contribution >= 0.6 is 15.9 Å². The summed E-state index contributed by atoms with van der Waals surface area (Å²) in [6, 6.07) is 12.6. The number of hydrogen-bond acceptors (Lipinski definition) is 2. The van der Waals surface area contributed by atoms with Crippen LogP contribution in [0.2, 0.25) is 0 Å². The Morgan fingerprint density at radius 2 is 1.88 bits per heavy atom. The van der Waals surface area contributed by atoms with Crippen LogP contribution in [0.3, 0.4) is 0 Å². The number of nitrogens with zero attached hydrogens (tertiary/aromatic N) is 2. The van der Waals surface area contributed by atoms with Crippen LogP contribution in [0.25, 0.3) is 0 Å². The van der Waals surface area contributed by atoms with Gasteiger partial charge in [0.25, 0.3) is 0 Å². The Hall–Kier alpha value is -1.48. The summed E-state index contributed by atoms with van der Waals surface area (Å²) in [5, 5.41) is 0. The Kier molecular flexibility index (Phi) is 2.56. The fraction of sp³-hybridized carbons (Fsp3) is 0.143. The highest BCUT2D eigenvalue weighted by atomic mass is 79.9. The highest BCUT2D eigenvalue weighted by molar-refractivity contribution is 9.10. The van der Waals surface area contributed by atoms with E-state index in [9.17, 15) is 0 Å². The number of rotatable bonds is 2. The topological polar surface area (TPSA) is 25.2 Å². The summed E-state index contributed by atoms with van der Waals surface area (Å²) in [7, 11) is 0. The fourth-order valence-corrected chi connectivity index (χ4v) is 2.19. The molecule has 0 aliphatic carbocycles. The van der Waals surface area contributed by atoms with Crippen molar-refractivity contribution in [3.8, 4) is 0 Å². The van der Waals surface area contributed by atoms with E-state index in [0.29, 0.717) is 0 Å². The molecule has 0 saturated heterocycles. The van der Waals surface area contributed by atoms with E-state index in [1.165, 1.54) is 11.1 Å². The lowest BCUT2D eigenvalue weighted by Crippen LogP contribution is -1.95. The minimum absolute atomic E-state index is 0.148. The van der Waals surface area contributed by atoms with Crippen molar-refractivity contribution in [2.24, 2.45) is 4.99 Å². The Bertz CT molecular complexity index is 587. The normalized spacial score (nSPS) is 17.8. The molecule has 2 nitrogen and oxygen atoms in total. The summed E-state index contributed by atoms with van der Waals surface area (Å²) in [4.78, 5) is 8.85.